The van der Waals surface area contributed by atoms with E-state index in [1.54, 1.807) is 12.1 Å². The number of nitrogens with zero attached hydrogens (tertiary/aromatic N) is 2. The molecule has 0 radical (unpaired) electrons. The Morgan fingerprint density at radius 1 is 1.25 bits per heavy atom. The van der Waals surface area contributed by atoms with Gasteiger partial charge >= 0.3 is 0 Å². The number of piperazine rings is 1. The fourth-order valence-electron chi connectivity index (χ4n) is 3.07. The first kappa shape index (κ1) is 16.9. The van der Waals surface area contributed by atoms with E-state index in [4.69, 9.17) is 4.74 Å². The van der Waals surface area contributed by atoms with Crippen LogP contribution in [0.25, 0.3) is 0 Å². The molecular weight excluding hydrogens is 313 g/mol. The van der Waals surface area contributed by atoms with Crippen LogP contribution in [-0.2, 0) is 14.3 Å². The first-order valence-electron chi connectivity index (χ1n) is 8.30. The number of carbonyl (C=O) groups excluding carboxylic acids is 2. The Bertz CT molecular complexity index is 596. The van der Waals surface area contributed by atoms with Crippen molar-refractivity contribution in [3.63, 3.8) is 0 Å². The van der Waals surface area contributed by atoms with Gasteiger partial charge in [0.2, 0.25) is 5.91 Å². The maximum absolute atomic E-state index is 13.1. The maximum atomic E-state index is 13.1. The lowest BCUT2D eigenvalue weighted by Gasteiger charge is -2.35. The van der Waals surface area contributed by atoms with Crippen LogP contribution >= 0.6 is 0 Å². The summed E-state index contributed by atoms with van der Waals surface area (Å²) in [4.78, 5) is 28.1. The summed E-state index contributed by atoms with van der Waals surface area (Å²) in [6.07, 6.45) is 1.46. The van der Waals surface area contributed by atoms with Crippen molar-refractivity contribution >= 4 is 17.5 Å². The van der Waals surface area contributed by atoms with Crippen LogP contribution in [0.15, 0.2) is 24.3 Å². The van der Waals surface area contributed by atoms with Gasteiger partial charge in [0, 0.05) is 38.5 Å². The molecule has 1 unspecified atom stereocenters. The zero-order chi connectivity index (χ0) is 16.9. The first-order valence-corrected chi connectivity index (χ1v) is 8.30. The average Bonchev–Trinajstić information content (AvgIpc) is 3.09. The topological polar surface area (TPSA) is 61.9 Å². The Morgan fingerprint density at radius 2 is 2.04 bits per heavy atom. The number of anilines is 1. The van der Waals surface area contributed by atoms with Gasteiger partial charge in [-0.1, -0.05) is 6.07 Å². The molecule has 0 spiro atoms. The summed E-state index contributed by atoms with van der Waals surface area (Å²) >= 11 is 0. The predicted molar refractivity (Wildman–Crippen MR) is 87.0 cm³/mol. The third kappa shape index (κ3) is 4.30. The van der Waals surface area contributed by atoms with Crippen molar-refractivity contribution in [1.82, 2.24) is 9.80 Å². The number of carbonyl (C=O) groups is 2. The van der Waals surface area contributed by atoms with Gasteiger partial charge in [-0.25, -0.2) is 4.39 Å². The van der Waals surface area contributed by atoms with Crippen LogP contribution in [-0.4, -0.2) is 67.0 Å². The van der Waals surface area contributed by atoms with Gasteiger partial charge in [-0.3, -0.25) is 14.5 Å². The second-order valence-electron chi connectivity index (χ2n) is 6.16. The highest BCUT2D eigenvalue weighted by Crippen LogP contribution is 2.16. The van der Waals surface area contributed by atoms with E-state index < -0.39 is 0 Å². The van der Waals surface area contributed by atoms with Gasteiger partial charge in [0.15, 0.2) is 0 Å². The fourth-order valence-corrected chi connectivity index (χ4v) is 3.07. The van der Waals surface area contributed by atoms with E-state index >= 15 is 0 Å². The molecule has 0 saturated carbocycles. The van der Waals surface area contributed by atoms with Gasteiger partial charge in [0.25, 0.3) is 5.91 Å². The van der Waals surface area contributed by atoms with E-state index in [-0.39, 0.29) is 30.3 Å². The van der Waals surface area contributed by atoms with Crippen LogP contribution in [0.2, 0.25) is 0 Å². The Labute approximate surface area is 140 Å². The summed E-state index contributed by atoms with van der Waals surface area (Å²) in [5.74, 6) is -0.495. The van der Waals surface area contributed by atoms with E-state index in [1.807, 2.05) is 9.80 Å². The van der Waals surface area contributed by atoms with Gasteiger partial charge in [0.05, 0.1) is 6.54 Å². The van der Waals surface area contributed by atoms with E-state index in [0.717, 1.165) is 12.8 Å². The third-order valence-corrected chi connectivity index (χ3v) is 4.36. The van der Waals surface area contributed by atoms with Gasteiger partial charge in [-0.15, -0.1) is 0 Å². The Morgan fingerprint density at radius 3 is 2.71 bits per heavy atom. The molecule has 6 nitrogen and oxygen atoms in total. The molecule has 0 bridgehead atoms. The zero-order valence-electron chi connectivity index (χ0n) is 13.5. The Balaban J connectivity index is 1.43. The molecule has 2 aliphatic rings. The lowest BCUT2D eigenvalue weighted by molar-refractivity contribution is -0.142. The largest absolute Gasteiger partial charge is 0.368 e. The molecule has 1 aromatic carbocycles. The van der Waals surface area contributed by atoms with Crippen molar-refractivity contribution in [3.8, 4) is 0 Å². The molecule has 2 aliphatic heterocycles. The monoisotopic (exact) mass is 335 g/mol. The van der Waals surface area contributed by atoms with Crippen molar-refractivity contribution in [2.45, 2.75) is 18.9 Å². The molecular formula is C17H22FN3O3. The lowest BCUT2D eigenvalue weighted by atomic mass is 10.2. The van der Waals surface area contributed by atoms with Crippen LogP contribution < -0.4 is 5.32 Å². The minimum atomic E-state index is -0.381. The van der Waals surface area contributed by atoms with E-state index in [9.17, 15) is 14.0 Å². The average molecular weight is 335 g/mol. The van der Waals surface area contributed by atoms with Crippen LogP contribution in [0.4, 0.5) is 10.1 Å². The van der Waals surface area contributed by atoms with Crippen LogP contribution in [0.1, 0.15) is 12.8 Å². The summed E-state index contributed by atoms with van der Waals surface area (Å²) in [7, 11) is 0. The fraction of sp³-hybridized carbons (Fsp3) is 0.529. The van der Waals surface area contributed by atoms with Gasteiger partial charge in [-0.2, -0.15) is 0 Å². The SMILES string of the molecule is O=C(CN1CCN(C(=O)C2CCCO2)CC1)Nc1cccc(F)c1. The zero-order valence-corrected chi connectivity index (χ0v) is 13.5. The molecule has 0 aliphatic carbocycles. The number of nitrogens with one attached hydrogen (secondary N) is 1. The van der Waals surface area contributed by atoms with Crippen LogP contribution in [0.3, 0.4) is 0 Å². The minimum Gasteiger partial charge on any atom is -0.368 e. The summed E-state index contributed by atoms with van der Waals surface area (Å²) < 4.78 is 18.5. The van der Waals surface area contributed by atoms with Crippen molar-refractivity contribution in [1.29, 1.82) is 0 Å². The van der Waals surface area contributed by atoms with E-state index in [2.05, 4.69) is 5.32 Å². The third-order valence-electron chi connectivity index (χ3n) is 4.36. The van der Waals surface area contributed by atoms with Crippen LogP contribution in [0.5, 0.6) is 0 Å². The van der Waals surface area contributed by atoms with Gasteiger partial charge in [-0.05, 0) is 31.0 Å². The number of hydrogen-bond donors (Lipinski definition) is 1. The number of benzene rings is 1. The number of rotatable bonds is 4. The molecule has 7 heteroatoms. The molecule has 1 N–H and O–H groups in total. The maximum Gasteiger partial charge on any atom is 0.251 e. The highest BCUT2D eigenvalue weighted by Gasteiger charge is 2.30. The van der Waals surface area contributed by atoms with E-state index in [0.29, 0.717) is 38.5 Å². The molecule has 2 amide bonds. The quantitative estimate of drug-likeness (QED) is 0.895. The van der Waals surface area contributed by atoms with Gasteiger partial charge in [0.1, 0.15) is 11.9 Å². The number of halogens is 1. The van der Waals surface area contributed by atoms with Crippen molar-refractivity contribution in [2.75, 3.05) is 44.6 Å². The number of ether oxygens (including phenoxy) is 1. The minimum absolute atomic E-state index is 0.0661. The van der Waals surface area contributed by atoms with Crippen molar-refractivity contribution in [2.24, 2.45) is 0 Å². The molecule has 2 fully saturated rings. The molecule has 3 rings (SSSR count). The lowest BCUT2D eigenvalue weighted by Crippen LogP contribution is -2.52. The first-order chi connectivity index (χ1) is 11.6. The summed E-state index contributed by atoms with van der Waals surface area (Å²) in [6, 6.07) is 5.83. The highest BCUT2D eigenvalue weighted by atomic mass is 19.1. The number of hydrogen-bond acceptors (Lipinski definition) is 4. The Hall–Kier alpha value is -1.99. The normalized spacial score (nSPS) is 21.7. The standard InChI is InChI=1S/C17H22FN3O3/c18-13-3-1-4-14(11-13)19-16(22)12-20-6-8-21(9-7-20)17(23)15-5-2-10-24-15/h1,3-4,11,15H,2,5-10,12H2,(H,19,22). The molecule has 2 saturated heterocycles. The molecule has 130 valence electrons. The summed E-state index contributed by atoms with van der Waals surface area (Å²) in [5.41, 5.74) is 0.451. The molecule has 1 atom stereocenters. The predicted octanol–water partition coefficient (Wildman–Crippen LogP) is 1.09. The van der Waals surface area contributed by atoms with Crippen molar-refractivity contribution in [3.05, 3.63) is 30.1 Å². The van der Waals surface area contributed by atoms with Crippen LogP contribution in [0, 0.1) is 5.82 Å². The van der Waals surface area contributed by atoms with Gasteiger partial charge < -0.3 is 15.0 Å². The molecule has 0 aromatic heterocycles. The molecule has 24 heavy (non-hydrogen) atoms. The second kappa shape index (κ2) is 7.72. The molecule has 2 heterocycles. The second-order valence-corrected chi connectivity index (χ2v) is 6.16. The summed E-state index contributed by atoms with van der Waals surface area (Å²) in [5, 5.41) is 2.69. The van der Waals surface area contributed by atoms with Crippen molar-refractivity contribution < 1.29 is 18.7 Å². The van der Waals surface area contributed by atoms with E-state index in [1.165, 1.54) is 12.1 Å². The number of amides is 2. The summed E-state index contributed by atoms with van der Waals surface area (Å²) in [6.45, 7) is 3.40. The Kier molecular flexibility index (Phi) is 5.42. The molecule has 1 aromatic rings. The highest BCUT2D eigenvalue weighted by molar-refractivity contribution is 5.92. The smallest absolute Gasteiger partial charge is 0.251 e.